The summed E-state index contributed by atoms with van der Waals surface area (Å²) in [7, 11) is 0. The maximum absolute atomic E-state index is 13.9. The molecule has 2 aliphatic carbocycles. The van der Waals surface area contributed by atoms with Gasteiger partial charge in [0.15, 0.2) is 0 Å². The largest absolute Gasteiger partial charge is 0.378 e. The number of benzene rings is 1. The van der Waals surface area contributed by atoms with E-state index in [2.05, 4.69) is 6.92 Å². The fraction of sp³-hybridized carbons (Fsp3) is 0.650. The molecule has 1 aromatic carbocycles. The Labute approximate surface area is 138 Å². The second kappa shape index (κ2) is 7.45. The number of rotatable bonds is 4. The van der Waals surface area contributed by atoms with Gasteiger partial charge in [0.25, 0.3) is 0 Å². The maximum atomic E-state index is 13.9. The number of fused-ring (bicyclic) bond motifs is 1. The lowest BCUT2D eigenvalue weighted by molar-refractivity contribution is -0.0147. The quantitative estimate of drug-likeness (QED) is 0.767. The van der Waals surface area contributed by atoms with Crippen LogP contribution in [0.3, 0.4) is 0 Å². The number of hydrogen-bond donors (Lipinski definition) is 0. The molecule has 2 nitrogen and oxygen atoms in total. The molecule has 0 aliphatic heterocycles. The Bertz CT molecular complexity index is 579. The molecular weight excluding hydrogens is 289 g/mol. The first kappa shape index (κ1) is 16.5. The lowest BCUT2D eigenvalue weighted by atomic mass is 9.65. The van der Waals surface area contributed by atoms with E-state index in [4.69, 9.17) is 10.00 Å². The lowest BCUT2D eigenvalue weighted by Gasteiger charge is -2.42. The van der Waals surface area contributed by atoms with Crippen LogP contribution in [0.4, 0.5) is 4.39 Å². The van der Waals surface area contributed by atoms with Crippen LogP contribution in [0.5, 0.6) is 0 Å². The van der Waals surface area contributed by atoms with E-state index >= 15 is 0 Å². The van der Waals surface area contributed by atoms with E-state index in [9.17, 15) is 4.39 Å². The smallest absolute Gasteiger partial charge is 0.141 e. The van der Waals surface area contributed by atoms with Gasteiger partial charge in [0, 0.05) is 6.61 Å². The van der Waals surface area contributed by atoms with Gasteiger partial charge in [-0.3, -0.25) is 0 Å². The minimum Gasteiger partial charge on any atom is -0.378 e. The van der Waals surface area contributed by atoms with Crippen molar-refractivity contribution in [3.63, 3.8) is 0 Å². The highest BCUT2D eigenvalue weighted by molar-refractivity contribution is 5.35. The molecule has 4 unspecified atom stereocenters. The minimum absolute atomic E-state index is 0.149. The van der Waals surface area contributed by atoms with Gasteiger partial charge >= 0.3 is 0 Å². The summed E-state index contributed by atoms with van der Waals surface area (Å²) in [6.07, 6.45) is 8.70. The van der Waals surface area contributed by atoms with Crippen molar-refractivity contribution in [3.05, 3.63) is 35.1 Å². The predicted octanol–water partition coefficient (Wildman–Crippen LogP) is 5.18. The zero-order valence-electron chi connectivity index (χ0n) is 13.9. The molecule has 0 heterocycles. The van der Waals surface area contributed by atoms with Crippen LogP contribution in [0.1, 0.15) is 68.9 Å². The minimum atomic E-state index is -0.371. The summed E-state index contributed by atoms with van der Waals surface area (Å²) in [4.78, 5) is 0. The van der Waals surface area contributed by atoms with Gasteiger partial charge < -0.3 is 4.74 Å². The van der Waals surface area contributed by atoms with Crippen LogP contribution in [0, 0.1) is 29.0 Å². The fourth-order valence-electron chi connectivity index (χ4n) is 4.46. The molecule has 2 aliphatic rings. The predicted molar refractivity (Wildman–Crippen MR) is 88.6 cm³/mol. The van der Waals surface area contributed by atoms with Gasteiger partial charge in [0.05, 0.1) is 11.7 Å². The van der Waals surface area contributed by atoms with E-state index in [1.807, 2.05) is 12.1 Å². The molecule has 0 amide bonds. The molecule has 0 radical (unpaired) electrons. The summed E-state index contributed by atoms with van der Waals surface area (Å²) in [6.45, 7) is 3.04. The summed E-state index contributed by atoms with van der Waals surface area (Å²) in [5.74, 6) is 1.62. The molecule has 0 aromatic heterocycles. The van der Waals surface area contributed by atoms with Crippen molar-refractivity contribution in [2.45, 2.75) is 63.9 Å². The highest BCUT2D eigenvalue weighted by Gasteiger charge is 2.36. The maximum Gasteiger partial charge on any atom is 0.141 e. The number of ether oxygens (including phenoxy) is 1. The van der Waals surface area contributed by atoms with Crippen LogP contribution in [-0.2, 0) is 4.74 Å². The monoisotopic (exact) mass is 315 g/mol. The average Bonchev–Trinajstić information content (AvgIpc) is 2.59. The van der Waals surface area contributed by atoms with Crippen molar-refractivity contribution in [3.8, 4) is 6.07 Å². The first-order valence-corrected chi connectivity index (χ1v) is 9.02. The summed E-state index contributed by atoms with van der Waals surface area (Å²) in [6, 6.07) is 7.06. The molecule has 4 atom stereocenters. The molecule has 0 bridgehead atoms. The van der Waals surface area contributed by atoms with Crippen molar-refractivity contribution in [2.75, 3.05) is 6.61 Å². The highest BCUT2D eigenvalue weighted by Crippen LogP contribution is 2.46. The van der Waals surface area contributed by atoms with Crippen molar-refractivity contribution in [1.82, 2.24) is 0 Å². The number of halogens is 1. The van der Waals surface area contributed by atoms with Gasteiger partial charge in [0.1, 0.15) is 11.9 Å². The van der Waals surface area contributed by atoms with Crippen LogP contribution < -0.4 is 0 Å². The SMILES string of the molecule is CCCOC1CCC2CC(c3ccc(C#N)c(F)c3)CCC2C1. The number of nitriles is 1. The average molecular weight is 315 g/mol. The van der Waals surface area contributed by atoms with E-state index in [0.29, 0.717) is 12.0 Å². The Balaban J connectivity index is 1.61. The Morgan fingerprint density at radius 3 is 2.70 bits per heavy atom. The van der Waals surface area contributed by atoms with Crippen molar-refractivity contribution >= 4 is 0 Å². The van der Waals surface area contributed by atoms with E-state index in [1.54, 1.807) is 12.1 Å². The van der Waals surface area contributed by atoms with Crippen molar-refractivity contribution in [1.29, 1.82) is 5.26 Å². The zero-order valence-corrected chi connectivity index (χ0v) is 13.9. The third-order valence-electron chi connectivity index (χ3n) is 5.71. The fourth-order valence-corrected chi connectivity index (χ4v) is 4.46. The van der Waals surface area contributed by atoms with Crippen LogP contribution in [0.15, 0.2) is 18.2 Å². The second-order valence-electron chi connectivity index (χ2n) is 7.19. The van der Waals surface area contributed by atoms with Crippen LogP contribution in [-0.4, -0.2) is 12.7 Å². The molecule has 3 rings (SSSR count). The first-order chi connectivity index (χ1) is 11.2. The molecule has 0 saturated heterocycles. The first-order valence-electron chi connectivity index (χ1n) is 9.02. The Morgan fingerprint density at radius 1 is 1.17 bits per heavy atom. The van der Waals surface area contributed by atoms with Gasteiger partial charge in [-0.15, -0.1) is 0 Å². The molecular formula is C20H26FNO. The Morgan fingerprint density at radius 2 is 1.96 bits per heavy atom. The lowest BCUT2D eigenvalue weighted by Crippen LogP contribution is -2.33. The summed E-state index contributed by atoms with van der Waals surface area (Å²) in [5, 5.41) is 8.86. The molecule has 23 heavy (non-hydrogen) atoms. The molecule has 1 aromatic rings. The summed E-state index contributed by atoms with van der Waals surface area (Å²) in [5.41, 5.74) is 1.22. The number of nitrogens with zero attached hydrogens (tertiary/aromatic N) is 1. The topological polar surface area (TPSA) is 33.0 Å². The third kappa shape index (κ3) is 3.75. The van der Waals surface area contributed by atoms with E-state index in [-0.39, 0.29) is 11.4 Å². The van der Waals surface area contributed by atoms with E-state index < -0.39 is 0 Å². The van der Waals surface area contributed by atoms with Gasteiger partial charge in [-0.05, 0) is 80.4 Å². The Kier molecular flexibility index (Phi) is 5.33. The van der Waals surface area contributed by atoms with Gasteiger partial charge in [-0.25, -0.2) is 4.39 Å². The molecule has 124 valence electrons. The van der Waals surface area contributed by atoms with Crippen LogP contribution in [0.25, 0.3) is 0 Å². The summed E-state index contributed by atoms with van der Waals surface area (Å²) < 4.78 is 19.8. The van der Waals surface area contributed by atoms with Crippen LogP contribution >= 0.6 is 0 Å². The second-order valence-corrected chi connectivity index (χ2v) is 7.19. The van der Waals surface area contributed by atoms with Gasteiger partial charge in [-0.1, -0.05) is 13.0 Å². The van der Waals surface area contributed by atoms with Gasteiger partial charge in [-0.2, -0.15) is 5.26 Å². The van der Waals surface area contributed by atoms with Crippen LogP contribution in [0.2, 0.25) is 0 Å². The number of hydrogen-bond acceptors (Lipinski definition) is 2. The third-order valence-corrected chi connectivity index (χ3v) is 5.71. The zero-order chi connectivity index (χ0) is 16.2. The molecule has 0 spiro atoms. The van der Waals surface area contributed by atoms with Gasteiger partial charge in [0.2, 0.25) is 0 Å². The van der Waals surface area contributed by atoms with Crippen molar-refractivity contribution < 1.29 is 9.13 Å². The molecule has 3 heteroatoms. The van der Waals surface area contributed by atoms with E-state index in [0.717, 1.165) is 43.3 Å². The Hall–Kier alpha value is -1.40. The standard InChI is InChI=1S/C20H26FNO/c1-2-9-23-19-8-7-15-10-14(3-4-16(15)11-19)17-5-6-18(13-22)20(21)12-17/h5-6,12,14-16,19H,2-4,7-11H2,1H3. The molecule has 2 saturated carbocycles. The molecule has 2 fully saturated rings. The summed E-state index contributed by atoms with van der Waals surface area (Å²) >= 11 is 0. The van der Waals surface area contributed by atoms with E-state index in [1.165, 1.54) is 25.7 Å². The normalized spacial score (nSPS) is 30.5. The highest BCUT2D eigenvalue weighted by atomic mass is 19.1. The van der Waals surface area contributed by atoms with Crippen molar-refractivity contribution in [2.24, 2.45) is 11.8 Å². The molecule has 0 N–H and O–H groups in total.